The van der Waals surface area contributed by atoms with Crippen molar-refractivity contribution in [2.24, 2.45) is 0 Å². The zero-order valence-corrected chi connectivity index (χ0v) is 12.9. The average molecular weight is 303 g/mol. The van der Waals surface area contributed by atoms with Gasteiger partial charge < -0.3 is 10.1 Å². The van der Waals surface area contributed by atoms with Crippen molar-refractivity contribution in [2.45, 2.75) is 39.0 Å². The number of hydrogen-bond donors (Lipinski definition) is 1. The molecule has 1 fully saturated rings. The minimum atomic E-state index is 0.521. The van der Waals surface area contributed by atoms with Crippen LogP contribution in [0.4, 0.5) is 0 Å². The lowest BCUT2D eigenvalue weighted by Gasteiger charge is -2.13. The van der Waals surface area contributed by atoms with Crippen LogP contribution in [0.2, 0.25) is 5.02 Å². The number of pyridine rings is 1. The maximum atomic E-state index is 6.09. The number of aryl methyl sites for hydroxylation is 1. The molecule has 3 nitrogen and oxygen atoms in total. The van der Waals surface area contributed by atoms with E-state index in [1.54, 1.807) is 0 Å². The first-order chi connectivity index (χ1) is 10.2. The van der Waals surface area contributed by atoms with Gasteiger partial charge in [0.1, 0.15) is 12.4 Å². The second-order valence-electron chi connectivity index (χ2n) is 5.57. The lowest BCUT2D eigenvalue weighted by Crippen LogP contribution is -2.16. The summed E-state index contributed by atoms with van der Waals surface area (Å²) >= 11 is 6.09. The fourth-order valence-electron chi connectivity index (χ4n) is 2.23. The fourth-order valence-corrected chi connectivity index (χ4v) is 2.42. The Morgan fingerprint density at radius 1 is 1.29 bits per heavy atom. The van der Waals surface area contributed by atoms with Crippen molar-refractivity contribution in [2.75, 3.05) is 0 Å². The first-order valence-electron chi connectivity index (χ1n) is 7.26. The van der Waals surface area contributed by atoms with Gasteiger partial charge in [-0.1, -0.05) is 11.6 Å². The van der Waals surface area contributed by atoms with Gasteiger partial charge in [-0.15, -0.1) is 0 Å². The van der Waals surface area contributed by atoms with Crippen LogP contribution in [0.3, 0.4) is 0 Å². The van der Waals surface area contributed by atoms with E-state index in [-0.39, 0.29) is 0 Å². The lowest BCUT2D eigenvalue weighted by atomic mass is 10.2. The summed E-state index contributed by atoms with van der Waals surface area (Å²) in [6.07, 6.45) is 6.22. The zero-order valence-electron chi connectivity index (χ0n) is 12.1. The molecule has 1 aliphatic rings. The summed E-state index contributed by atoms with van der Waals surface area (Å²) in [6.45, 7) is 3.35. The molecule has 1 aromatic heterocycles. The molecule has 3 rings (SSSR count). The number of halogens is 1. The second-order valence-corrected chi connectivity index (χ2v) is 6.00. The van der Waals surface area contributed by atoms with E-state index in [1.807, 2.05) is 37.5 Å². The van der Waals surface area contributed by atoms with Gasteiger partial charge in [0, 0.05) is 41.1 Å². The smallest absolute Gasteiger partial charge is 0.124 e. The highest BCUT2D eigenvalue weighted by Gasteiger charge is 2.20. The molecular weight excluding hydrogens is 284 g/mol. The van der Waals surface area contributed by atoms with Crippen LogP contribution in [0, 0.1) is 6.92 Å². The van der Waals surface area contributed by atoms with Gasteiger partial charge in [-0.25, -0.2) is 0 Å². The van der Waals surface area contributed by atoms with Gasteiger partial charge in [0.2, 0.25) is 0 Å². The Morgan fingerprint density at radius 2 is 2.14 bits per heavy atom. The van der Waals surface area contributed by atoms with Crippen LogP contribution in [0.1, 0.15) is 29.5 Å². The zero-order chi connectivity index (χ0) is 14.7. The topological polar surface area (TPSA) is 34.1 Å². The Hall–Kier alpha value is -1.58. The third-order valence-corrected chi connectivity index (χ3v) is 3.74. The maximum absolute atomic E-state index is 6.09. The van der Waals surface area contributed by atoms with Gasteiger partial charge in [-0.05, 0) is 49.6 Å². The standard InChI is InChI=1S/C17H19ClN2O/c1-12-6-13(9-19-8-12)11-21-17-5-2-15(18)7-14(17)10-20-16-3-4-16/h2,5-9,16,20H,3-4,10-11H2,1H3. The fraction of sp³-hybridized carbons (Fsp3) is 0.353. The molecule has 1 aromatic carbocycles. The summed E-state index contributed by atoms with van der Waals surface area (Å²) in [6, 6.07) is 8.53. The predicted molar refractivity (Wildman–Crippen MR) is 84.6 cm³/mol. The third-order valence-electron chi connectivity index (χ3n) is 3.51. The molecule has 1 N–H and O–H groups in total. The van der Waals surface area contributed by atoms with Crippen LogP contribution in [-0.4, -0.2) is 11.0 Å². The summed E-state index contributed by atoms with van der Waals surface area (Å²) in [4.78, 5) is 4.19. The van der Waals surface area contributed by atoms with Crippen LogP contribution in [0.5, 0.6) is 5.75 Å². The second kappa shape index (κ2) is 6.46. The van der Waals surface area contributed by atoms with Gasteiger partial charge in [0.25, 0.3) is 0 Å². The van der Waals surface area contributed by atoms with E-state index in [1.165, 1.54) is 12.8 Å². The van der Waals surface area contributed by atoms with Gasteiger partial charge in [0.05, 0.1) is 0 Å². The normalized spacial score (nSPS) is 14.2. The predicted octanol–water partition coefficient (Wildman–Crippen LogP) is 3.87. The lowest BCUT2D eigenvalue weighted by molar-refractivity contribution is 0.301. The maximum Gasteiger partial charge on any atom is 0.124 e. The molecule has 0 atom stereocenters. The van der Waals surface area contributed by atoms with E-state index in [0.29, 0.717) is 12.6 Å². The highest BCUT2D eigenvalue weighted by molar-refractivity contribution is 6.30. The van der Waals surface area contributed by atoms with Crippen molar-refractivity contribution in [1.29, 1.82) is 0 Å². The van der Waals surface area contributed by atoms with Gasteiger partial charge in [-0.3, -0.25) is 4.98 Å². The Kier molecular flexibility index (Phi) is 4.42. The van der Waals surface area contributed by atoms with E-state index in [2.05, 4.69) is 16.4 Å². The Bertz CT molecular complexity index is 626. The summed E-state index contributed by atoms with van der Waals surface area (Å²) in [5, 5.41) is 4.24. The van der Waals surface area contributed by atoms with E-state index in [4.69, 9.17) is 16.3 Å². The summed E-state index contributed by atoms with van der Waals surface area (Å²) in [5.74, 6) is 0.883. The Balaban J connectivity index is 1.68. The molecule has 1 aliphatic carbocycles. The molecule has 0 bridgehead atoms. The third kappa shape index (κ3) is 4.19. The molecule has 0 saturated heterocycles. The van der Waals surface area contributed by atoms with Crippen LogP contribution >= 0.6 is 11.6 Å². The first kappa shape index (κ1) is 14.4. The van der Waals surface area contributed by atoms with Crippen molar-refractivity contribution >= 4 is 11.6 Å². The average Bonchev–Trinajstić information content (AvgIpc) is 3.28. The Morgan fingerprint density at radius 3 is 2.90 bits per heavy atom. The Labute approximate surface area is 130 Å². The summed E-state index contributed by atoms with van der Waals surface area (Å²) in [7, 11) is 0. The number of rotatable bonds is 6. The molecule has 0 radical (unpaired) electrons. The molecule has 0 spiro atoms. The molecule has 110 valence electrons. The van der Waals surface area contributed by atoms with E-state index in [0.717, 1.165) is 34.0 Å². The molecular formula is C17H19ClN2O. The molecule has 4 heteroatoms. The van der Waals surface area contributed by atoms with E-state index < -0.39 is 0 Å². The molecule has 0 unspecified atom stereocenters. The molecule has 0 amide bonds. The first-order valence-corrected chi connectivity index (χ1v) is 7.63. The van der Waals surface area contributed by atoms with Crippen molar-refractivity contribution in [3.05, 3.63) is 58.4 Å². The van der Waals surface area contributed by atoms with Crippen LogP contribution in [0.25, 0.3) is 0 Å². The van der Waals surface area contributed by atoms with Crippen LogP contribution in [-0.2, 0) is 13.2 Å². The molecule has 2 aromatic rings. The highest BCUT2D eigenvalue weighted by Crippen LogP contribution is 2.26. The summed E-state index contributed by atoms with van der Waals surface area (Å²) in [5.41, 5.74) is 3.32. The number of ether oxygens (including phenoxy) is 1. The van der Waals surface area contributed by atoms with Crippen molar-refractivity contribution in [1.82, 2.24) is 10.3 Å². The van der Waals surface area contributed by atoms with Crippen LogP contribution in [0.15, 0.2) is 36.7 Å². The van der Waals surface area contributed by atoms with Gasteiger partial charge in [-0.2, -0.15) is 0 Å². The number of benzene rings is 1. The largest absolute Gasteiger partial charge is 0.489 e. The number of aromatic nitrogens is 1. The molecule has 0 aliphatic heterocycles. The quantitative estimate of drug-likeness (QED) is 0.879. The molecule has 21 heavy (non-hydrogen) atoms. The number of nitrogens with one attached hydrogen (secondary N) is 1. The minimum absolute atomic E-state index is 0.521. The molecule has 1 saturated carbocycles. The van der Waals surface area contributed by atoms with Gasteiger partial charge in [0.15, 0.2) is 0 Å². The highest BCUT2D eigenvalue weighted by atomic mass is 35.5. The van der Waals surface area contributed by atoms with Crippen molar-refractivity contribution < 1.29 is 4.74 Å². The van der Waals surface area contributed by atoms with Crippen LogP contribution < -0.4 is 10.1 Å². The number of hydrogen-bond acceptors (Lipinski definition) is 3. The SMILES string of the molecule is Cc1cncc(COc2ccc(Cl)cc2CNC2CC2)c1. The molecule has 1 heterocycles. The van der Waals surface area contributed by atoms with E-state index >= 15 is 0 Å². The van der Waals surface area contributed by atoms with Crippen molar-refractivity contribution in [3.8, 4) is 5.75 Å². The minimum Gasteiger partial charge on any atom is -0.489 e. The van der Waals surface area contributed by atoms with Crippen molar-refractivity contribution in [3.63, 3.8) is 0 Å². The summed E-state index contributed by atoms with van der Waals surface area (Å²) < 4.78 is 5.95. The van der Waals surface area contributed by atoms with Gasteiger partial charge >= 0.3 is 0 Å². The van der Waals surface area contributed by atoms with E-state index in [9.17, 15) is 0 Å². The monoisotopic (exact) mass is 302 g/mol. The number of nitrogens with zero attached hydrogens (tertiary/aromatic N) is 1.